The summed E-state index contributed by atoms with van der Waals surface area (Å²) in [7, 11) is 0. The zero-order valence-corrected chi connectivity index (χ0v) is 10.8. The Bertz CT molecular complexity index is 659. The fraction of sp³-hybridized carbons (Fsp3) is 0.0714. The molecule has 0 spiro atoms. The van der Waals surface area contributed by atoms with Crippen molar-refractivity contribution in [1.29, 1.82) is 0 Å². The number of aromatic nitrogens is 1. The molecule has 0 saturated carbocycles. The summed E-state index contributed by atoms with van der Waals surface area (Å²) in [6.45, 7) is 0. The van der Waals surface area contributed by atoms with Crippen LogP contribution in [0.1, 0.15) is 5.69 Å². The molecule has 2 rings (SSSR count). The summed E-state index contributed by atoms with van der Waals surface area (Å²) < 4.78 is 13.4. The van der Waals surface area contributed by atoms with Gasteiger partial charge in [-0.15, -0.1) is 0 Å². The number of carboxylic acid groups (broad SMARTS) is 1. The third-order valence-electron chi connectivity index (χ3n) is 2.54. The van der Waals surface area contributed by atoms with Crippen molar-refractivity contribution in [2.75, 3.05) is 10.6 Å². The van der Waals surface area contributed by atoms with Gasteiger partial charge >= 0.3 is 12.0 Å². The van der Waals surface area contributed by atoms with Crippen molar-refractivity contribution in [1.82, 2.24) is 4.98 Å². The van der Waals surface area contributed by atoms with Crippen LogP contribution in [0.5, 0.6) is 0 Å². The second-order valence-electron chi connectivity index (χ2n) is 4.17. The molecule has 6 nitrogen and oxygen atoms in total. The highest BCUT2D eigenvalue weighted by Gasteiger charge is 2.07. The van der Waals surface area contributed by atoms with Gasteiger partial charge in [0.2, 0.25) is 0 Å². The lowest BCUT2D eigenvalue weighted by Crippen LogP contribution is -2.20. The highest BCUT2D eigenvalue weighted by molar-refractivity contribution is 5.99. The molecule has 0 aliphatic rings. The van der Waals surface area contributed by atoms with E-state index in [1.807, 2.05) is 0 Å². The first kappa shape index (κ1) is 14.4. The van der Waals surface area contributed by atoms with E-state index in [4.69, 9.17) is 5.11 Å². The van der Waals surface area contributed by atoms with Gasteiger partial charge in [0.25, 0.3) is 0 Å². The number of pyridine rings is 1. The Balaban J connectivity index is 1.96. The molecular weight excluding hydrogens is 277 g/mol. The van der Waals surface area contributed by atoms with E-state index in [0.717, 1.165) is 0 Å². The van der Waals surface area contributed by atoms with E-state index in [1.54, 1.807) is 6.07 Å². The summed E-state index contributed by atoms with van der Waals surface area (Å²) in [6.07, 6.45) is 1.14. The number of amides is 2. The number of aliphatic carboxylic acids is 1. The van der Waals surface area contributed by atoms with Crippen molar-refractivity contribution in [3.8, 4) is 0 Å². The molecular formula is C14H12FN3O3. The third kappa shape index (κ3) is 4.27. The third-order valence-corrected chi connectivity index (χ3v) is 2.54. The summed E-state index contributed by atoms with van der Waals surface area (Å²) >= 11 is 0. The van der Waals surface area contributed by atoms with Gasteiger partial charge in [0.1, 0.15) is 5.82 Å². The van der Waals surface area contributed by atoms with Crippen molar-refractivity contribution in [3.05, 3.63) is 54.1 Å². The van der Waals surface area contributed by atoms with Crippen molar-refractivity contribution in [3.63, 3.8) is 0 Å². The largest absolute Gasteiger partial charge is 0.481 e. The Hall–Kier alpha value is -2.96. The Morgan fingerprint density at radius 2 is 1.90 bits per heavy atom. The van der Waals surface area contributed by atoms with Gasteiger partial charge in [-0.05, 0) is 24.3 Å². The van der Waals surface area contributed by atoms with E-state index in [-0.39, 0.29) is 12.1 Å². The number of nitrogens with zero attached hydrogens (tertiary/aromatic N) is 1. The van der Waals surface area contributed by atoms with Crippen LogP contribution >= 0.6 is 0 Å². The summed E-state index contributed by atoms with van der Waals surface area (Å²) in [5, 5.41) is 13.4. The number of carbonyl (C=O) groups excluding carboxylic acids is 1. The van der Waals surface area contributed by atoms with Crippen LogP contribution in [0.3, 0.4) is 0 Å². The molecule has 0 bridgehead atoms. The molecule has 7 heteroatoms. The number of benzene rings is 1. The molecule has 2 aromatic rings. The Kier molecular flexibility index (Phi) is 4.45. The Labute approximate surface area is 119 Å². The van der Waals surface area contributed by atoms with Crippen molar-refractivity contribution < 1.29 is 19.1 Å². The maximum absolute atomic E-state index is 13.4. The van der Waals surface area contributed by atoms with Crippen LogP contribution in [-0.4, -0.2) is 22.1 Å². The van der Waals surface area contributed by atoms with E-state index in [9.17, 15) is 14.0 Å². The van der Waals surface area contributed by atoms with Crippen molar-refractivity contribution in [2.45, 2.75) is 6.42 Å². The maximum atomic E-state index is 13.4. The quantitative estimate of drug-likeness (QED) is 0.806. The van der Waals surface area contributed by atoms with Gasteiger partial charge in [-0.2, -0.15) is 0 Å². The number of urea groups is 1. The highest BCUT2D eigenvalue weighted by atomic mass is 19.1. The molecule has 0 aliphatic heterocycles. The molecule has 1 aromatic carbocycles. The van der Waals surface area contributed by atoms with Gasteiger partial charge in [-0.3, -0.25) is 9.78 Å². The van der Waals surface area contributed by atoms with Crippen LogP contribution in [0.4, 0.5) is 20.6 Å². The maximum Gasteiger partial charge on any atom is 0.323 e. The average molecular weight is 289 g/mol. The standard InChI is InChI=1S/C14H12FN3O3/c15-11-3-1-2-4-12(11)18-14(21)17-10-6-5-9(16-8-10)7-13(19)20/h1-6,8H,7H2,(H,19,20)(H2,17,18,21). The summed E-state index contributed by atoms with van der Waals surface area (Å²) in [4.78, 5) is 26.1. The highest BCUT2D eigenvalue weighted by Crippen LogP contribution is 2.13. The zero-order valence-electron chi connectivity index (χ0n) is 10.8. The fourth-order valence-electron chi connectivity index (χ4n) is 1.61. The summed E-state index contributed by atoms with van der Waals surface area (Å²) in [5.74, 6) is -1.52. The molecule has 1 heterocycles. The van der Waals surface area contributed by atoms with Gasteiger partial charge in [0.05, 0.1) is 29.7 Å². The minimum absolute atomic E-state index is 0.0606. The molecule has 2 amide bonds. The molecule has 0 unspecified atom stereocenters. The monoisotopic (exact) mass is 289 g/mol. The topological polar surface area (TPSA) is 91.3 Å². The molecule has 0 saturated heterocycles. The number of carbonyl (C=O) groups is 2. The second-order valence-corrected chi connectivity index (χ2v) is 4.17. The number of carboxylic acids is 1. The SMILES string of the molecule is O=C(O)Cc1ccc(NC(=O)Nc2ccccc2F)cn1. The normalized spacial score (nSPS) is 9.95. The lowest BCUT2D eigenvalue weighted by Gasteiger charge is -2.08. The molecule has 0 atom stereocenters. The summed E-state index contributed by atoms with van der Waals surface area (Å²) in [5.41, 5.74) is 0.811. The van der Waals surface area contributed by atoms with Crippen molar-refractivity contribution >= 4 is 23.4 Å². The minimum atomic E-state index is -0.986. The first-order valence-electron chi connectivity index (χ1n) is 6.04. The first-order chi connectivity index (χ1) is 10.0. The smallest absolute Gasteiger partial charge is 0.323 e. The summed E-state index contributed by atoms with van der Waals surface area (Å²) in [6, 6.07) is 8.18. The number of anilines is 2. The number of para-hydroxylation sites is 1. The van der Waals surface area contributed by atoms with Gasteiger partial charge in [-0.1, -0.05) is 12.1 Å². The predicted octanol–water partition coefficient (Wildman–Crippen LogP) is 2.49. The van der Waals surface area contributed by atoms with E-state index in [2.05, 4.69) is 15.6 Å². The van der Waals surface area contributed by atoms with Gasteiger partial charge in [0, 0.05) is 0 Å². The molecule has 0 fully saturated rings. The molecule has 1 aromatic heterocycles. The van der Waals surface area contributed by atoms with Crippen LogP contribution in [-0.2, 0) is 11.2 Å². The Morgan fingerprint density at radius 1 is 1.14 bits per heavy atom. The lowest BCUT2D eigenvalue weighted by atomic mass is 10.2. The number of hydrogen-bond acceptors (Lipinski definition) is 3. The molecule has 21 heavy (non-hydrogen) atoms. The van der Waals surface area contributed by atoms with Crippen LogP contribution in [0.2, 0.25) is 0 Å². The van der Waals surface area contributed by atoms with Crippen LogP contribution in [0.15, 0.2) is 42.6 Å². The number of rotatable bonds is 4. The lowest BCUT2D eigenvalue weighted by molar-refractivity contribution is -0.136. The molecule has 108 valence electrons. The van der Waals surface area contributed by atoms with E-state index in [0.29, 0.717) is 11.4 Å². The molecule has 0 aliphatic carbocycles. The van der Waals surface area contributed by atoms with E-state index in [1.165, 1.54) is 36.5 Å². The second kappa shape index (κ2) is 6.47. The number of hydrogen-bond donors (Lipinski definition) is 3. The molecule has 3 N–H and O–H groups in total. The van der Waals surface area contributed by atoms with Gasteiger partial charge < -0.3 is 15.7 Å². The van der Waals surface area contributed by atoms with Gasteiger partial charge in [-0.25, -0.2) is 9.18 Å². The van der Waals surface area contributed by atoms with E-state index >= 15 is 0 Å². The first-order valence-corrected chi connectivity index (χ1v) is 6.04. The number of nitrogens with one attached hydrogen (secondary N) is 2. The molecule has 0 radical (unpaired) electrons. The minimum Gasteiger partial charge on any atom is -0.481 e. The average Bonchev–Trinajstić information content (AvgIpc) is 2.43. The van der Waals surface area contributed by atoms with Gasteiger partial charge in [0.15, 0.2) is 0 Å². The Morgan fingerprint density at radius 3 is 2.52 bits per heavy atom. The zero-order chi connectivity index (χ0) is 15.2. The van der Waals surface area contributed by atoms with Crippen LogP contribution in [0.25, 0.3) is 0 Å². The number of halogens is 1. The fourth-order valence-corrected chi connectivity index (χ4v) is 1.61. The van der Waals surface area contributed by atoms with Crippen LogP contribution in [0, 0.1) is 5.82 Å². The predicted molar refractivity (Wildman–Crippen MR) is 74.6 cm³/mol. The van der Waals surface area contributed by atoms with Crippen LogP contribution < -0.4 is 10.6 Å². The van der Waals surface area contributed by atoms with Crippen molar-refractivity contribution in [2.24, 2.45) is 0 Å². The van der Waals surface area contributed by atoms with E-state index < -0.39 is 17.8 Å².